The van der Waals surface area contributed by atoms with Gasteiger partial charge in [-0.15, -0.1) is 0 Å². The first-order valence-electron chi connectivity index (χ1n) is 8.78. The predicted molar refractivity (Wildman–Crippen MR) is 95.9 cm³/mol. The monoisotopic (exact) mass is 351 g/mol. The Balaban J connectivity index is 1.48. The number of aryl methyl sites for hydroxylation is 1. The molecule has 4 heterocycles. The molecule has 3 aromatic rings. The van der Waals surface area contributed by atoms with Gasteiger partial charge in [0.2, 0.25) is 0 Å². The van der Waals surface area contributed by atoms with Crippen LogP contribution in [-0.4, -0.2) is 56.7 Å². The van der Waals surface area contributed by atoms with Crippen molar-refractivity contribution in [2.75, 3.05) is 26.3 Å². The summed E-state index contributed by atoms with van der Waals surface area (Å²) >= 11 is 0. The van der Waals surface area contributed by atoms with Crippen LogP contribution in [0.5, 0.6) is 0 Å². The van der Waals surface area contributed by atoms with Gasteiger partial charge in [-0.1, -0.05) is 0 Å². The van der Waals surface area contributed by atoms with Crippen LogP contribution < -0.4 is 0 Å². The molecule has 0 bridgehead atoms. The lowest BCUT2D eigenvalue weighted by Crippen LogP contribution is -2.36. The van der Waals surface area contributed by atoms with Gasteiger partial charge in [0, 0.05) is 43.3 Å². The summed E-state index contributed by atoms with van der Waals surface area (Å²) in [5.74, 6) is 0.208. The van der Waals surface area contributed by atoms with Crippen LogP contribution in [-0.2, 0) is 11.2 Å². The summed E-state index contributed by atoms with van der Waals surface area (Å²) in [6.45, 7) is 4.33. The van der Waals surface area contributed by atoms with Crippen LogP contribution in [0.4, 0.5) is 0 Å². The van der Waals surface area contributed by atoms with Crippen LogP contribution in [0.2, 0.25) is 0 Å². The van der Waals surface area contributed by atoms with E-state index in [0.717, 1.165) is 23.5 Å². The molecule has 1 unspecified atom stereocenters. The Bertz CT molecular complexity index is 906. The van der Waals surface area contributed by atoms with Gasteiger partial charge in [-0.25, -0.2) is 9.50 Å². The van der Waals surface area contributed by atoms with Crippen LogP contribution in [0.1, 0.15) is 21.7 Å². The number of carbonyl (C=O) groups excluding carboxylic acids is 1. The van der Waals surface area contributed by atoms with Gasteiger partial charge in [0.1, 0.15) is 0 Å². The molecule has 134 valence electrons. The number of aromatic nitrogens is 4. The van der Waals surface area contributed by atoms with Crippen molar-refractivity contribution in [3.8, 4) is 0 Å². The van der Waals surface area contributed by atoms with E-state index in [-0.39, 0.29) is 11.8 Å². The number of amides is 1. The summed E-state index contributed by atoms with van der Waals surface area (Å²) in [6, 6.07) is 7.65. The van der Waals surface area contributed by atoms with Gasteiger partial charge in [0.15, 0.2) is 5.65 Å². The third-order valence-electron chi connectivity index (χ3n) is 4.59. The molecule has 0 aromatic carbocycles. The molecule has 0 saturated carbocycles. The zero-order chi connectivity index (χ0) is 17.9. The second-order valence-corrected chi connectivity index (χ2v) is 6.64. The van der Waals surface area contributed by atoms with Crippen molar-refractivity contribution in [3.63, 3.8) is 0 Å². The lowest BCUT2D eigenvalue weighted by molar-refractivity contribution is 0.0737. The van der Waals surface area contributed by atoms with E-state index in [0.29, 0.717) is 31.9 Å². The Kier molecular flexibility index (Phi) is 4.62. The highest BCUT2D eigenvalue weighted by molar-refractivity contribution is 5.93. The first-order valence-corrected chi connectivity index (χ1v) is 8.78. The second kappa shape index (κ2) is 7.21. The molecule has 3 aromatic heterocycles. The molecule has 0 spiro atoms. The van der Waals surface area contributed by atoms with E-state index in [9.17, 15) is 4.79 Å². The Labute approximate surface area is 151 Å². The van der Waals surface area contributed by atoms with Crippen LogP contribution in [0.25, 0.3) is 5.65 Å². The molecule has 4 rings (SSSR count). The second-order valence-electron chi connectivity index (χ2n) is 6.64. The summed E-state index contributed by atoms with van der Waals surface area (Å²) < 4.78 is 7.50. The Morgan fingerprint density at radius 3 is 3.04 bits per heavy atom. The highest BCUT2D eigenvalue weighted by Crippen LogP contribution is 2.15. The van der Waals surface area contributed by atoms with Crippen molar-refractivity contribution < 1.29 is 9.53 Å². The predicted octanol–water partition coefficient (Wildman–Crippen LogP) is 1.76. The SMILES string of the molecule is Cc1ccc(C(=O)N2CCOCC(Cc3ccc4nccn4n3)C2)cn1. The lowest BCUT2D eigenvalue weighted by atomic mass is 10.0. The molecule has 26 heavy (non-hydrogen) atoms. The zero-order valence-corrected chi connectivity index (χ0v) is 14.7. The summed E-state index contributed by atoms with van der Waals surface area (Å²) in [4.78, 5) is 23.1. The number of fused-ring (bicyclic) bond motifs is 1. The Morgan fingerprint density at radius 2 is 2.19 bits per heavy atom. The van der Waals surface area contributed by atoms with E-state index < -0.39 is 0 Å². The van der Waals surface area contributed by atoms with Crippen LogP contribution in [0.3, 0.4) is 0 Å². The molecule has 0 aliphatic carbocycles. The van der Waals surface area contributed by atoms with Crippen molar-refractivity contribution in [2.45, 2.75) is 13.3 Å². The number of hydrogen-bond acceptors (Lipinski definition) is 5. The molecule has 7 nitrogen and oxygen atoms in total. The van der Waals surface area contributed by atoms with E-state index >= 15 is 0 Å². The number of imidazole rings is 1. The van der Waals surface area contributed by atoms with E-state index in [1.165, 1.54) is 0 Å². The van der Waals surface area contributed by atoms with Gasteiger partial charge in [-0.3, -0.25) is 9.78 Å². The fraction of sp³-hybridized carbons (Fsp3) is 0.368. The van der Waals surface area contributed by atoms with Crippen molar-refractivity contribution in [1.82, 2.24) is 24.5 Å². The van der Waals surface area contributed by atoms with Crippen LogP contribution in [0.15, 0.2) is 42.9 Å². The van der Waals surface area contributed by atoms with Gasteiger partial charge in [-0.2, -0.15) is 5.10 Å². The van der Waals surface area contributed by atoms with Crippen LogP contribution >= 0.6 is 0 Å². The first kappa shape index (κ1) is 16.7. The number of ether oxygens (including phenoxy) is 1. The standard InChI is InChI=1S/C19H21N5O2/c1-14-2-3-16(11-21-14)19(25)23-8-9-26-13-15(12-23)10-17-4-5-18-20-6-7-24(18)22-17/h2-7,11,15H,8-10,12-13H2,1H3. The zero-order valence-electron chi connectivity index (χ0n) is 14.7. The maximum absolute atomic E-state index is 12.8. The molecule has 1 aliphatic rings. The average molecular weight is 351 g/mol. The summed E-state index contributed by atoms with van der Waals surface area (Å²) in [6.07, 6.45) is 5.97. The number of pyridine rings is 1. The molecule has 1 atom stereocenters. The third-order valence-corrected chi connectivity index (χ3v) is 4.59. The molecular weight excluding hydrogens is 330 g/mol. The maximum Gasteiger partial charge on any atom is 0.255 e. The summed E-state index contributed by atoms with van der Waals surface area (Å²) in [5.41, 5.74) is 3.32. The van der Waals surface area contributed by atoms with E-state index in [1.54, 1.807) is 16.9 Å². The first-order chi connectivity index (χ1) is 12.7. The Morgan fingerprint density at radius 1 is 1.27 bits per heavy atom. The van der Waals surface area contributed by atoms with Crippen molar-refractivity contribution >= 4 is 11.6 Å². The highest BCUT2D eigenvalue weighted by Gasteiger charge is 2.24. The highest BCUT2D eigenvalue weighted by atomic mass is 16.5. The van der Waals surface area contributed by atoms with Crippen molar-refractivity contribution in [1.29, 1.82) is 0 Å². The van der Waals surface area contributed by atoms with Crippen LogP contribution in [0, 0.1) is 12.8 Å². The van der Waals surface area contributed by atoms with E-state index in [2.05, 4.69) is 15.1 Å². The molecule has 0 N–H and O–H groups in total. The largest absolute Gasteiger partial charge is 0.379 e. The van der Waals surface area contributed by atoms with Gasteiger partial charge in [0.05, 0.1) is 24.5 Å². The molecule has 1 amide bonds. The Hall–Kier alpha value is -2.80. The molecule has 1 aliphatic heterocycles. The van der Waals surface area contributed by atoms with Gasteiger partial charge in [0.25, 0.3) is 5.91 Å². The minimum Gasteiger partial charge on any atom is -0.379 e. The quantitative estimate of drug-likeness (QED) is 0.719. The van der Waals surface area contributed by atoms with Crippen molar-refractivity contribution in [2.24, 2.45) is 5.92 Å². The summed E-state index contributed by atoms with van der Waals surface area (Å²) in [5, 5.41) is 4.58. The lowest BCUT2D eigenvalue weighted by Gasteiger charge is -2.23. The number of nitrogens with zero attached hydrogens (tertiary/aromatic N) is 5. The molecule has 7 heteroatoms. The number of rotatable bonds is 3. The molecule has 1 fully saturated rings. The smallest absolute Gasteiger partial charge is 0.255 e. The van der Waals surface area contributed by atoms with Gasteiger partial charge < -0.3 is 9.64 Å². The van der Waals surface area contributed by atoms with E-state index in [1.807, 2.05) is 42.3 Å². The normalized spacial score (nSPS) is 18.0. The van der Waals surface area contributed by atoms with Gasteiger partial charge in [-0.05, 0) is 37.6 Å². The third kappa shape index (κ3) is 3.57. The molecule has 1 saturated heterocycles. The minimum absolute atomic E-state index is 0.00557. The van der Waals surface area contributed by atoms with Crippen molar-refractivity contribution in [3.05, 3.63) is 59.8 Å². The van der Waals surface area contributed by atoms with Gasteiger partial charge >= 0.3 is 0 Å². The number of hydrogen-bond donors (Lipinski definition) is 0. The van der Waals surface area contributed by atoms with E-state index in [4.69, 9.17) is 4.74 Å². The molecule has 0 radical (unpaired) electrons. The minimum atomic E-state index is 0.00557. The summed E-state index contributed by atoms with van der Waals surface area (Å²) in [7, 11) is 0. The topological polar surface area (TPSA) is 72.6 Å². The molecular formula is C19H21N5O2. The fourth-order valence-corrected chi connectivity index (χ4v) is 3.22. The number of carbonyl (C=O) groups is 1. The maximum atomic E-state index is 12.8. The average Bonchev–Trinajstić information content (AvgIpc) is 2.99. The fourth-order valence-electron chi connectivity index (χ4n) is 3.22.